The normalized spacial score (nSPS) is 10.7. The van der Waals surface area contributed by atoms with Gasteiger partial charge in [-0.3, -0.25) is 4.79 Å². The molecule has 0 N–H and O–H groups in total. The van der Waals surface area contributed by atoms with Crippen LogP contribution in [0.2, 0.25) is 0 Å². The second-order valence-corrected chi connectivity index (χ2v) is 5.13. The number of nitrogens with zero attached hydrogens (tertiary/aromatic N) is 4. The third kappa shape index (κ3) is 2.23. The number of thiazole rings is 1. The van der Waals surface area contributed by atoms with Crippen molar-refractivity contribution in [1.82, 2.24) is 20.0 Å². The van der Waals surface area contributed by atoms with E-state index in [1.807, 2.05) is 0 Å². The van der Waals surface area contributed by atoms with E-state index in [-0.39, 0.29) is 5.82 Å². The van der Waals surface area contributed by atoms with E-state index in [9.17, 15) is 9.18 Å². The fraction of sp³-hybridized carbons (Fsp3) is 0.0769. The van der Waals surface area contributed by atoms with E-state index < -0.39 is 0 Å². The van der Waals surface area contributed by atoms with Crippen molar-refractivity contribution in [2.45, 2.75) is 6.92 Å². The van der Waals surface area contributed by atoms with Crippen LogP contribution in [-0.4, -0.2) is 26.3 Å². The standard InChI is InChI=1S/C13H9FN4OS/c1-8-12(7-19)20-13(15-8)18-6-11(16-17-18)9-2-4-10(14)5-3-9/h2-7H,1H3. The van der Waals surface area contributed by atoms with Crippen LogP contribution >= 0.6 is 11.3 Å². The number of benzene rings is 1. The van der Waals surface area contributed by atoms with Gasteiger partial charge in [-0.15, -0.1) is 5.10 Å². The lowest BCUT2D eigenvalue weighted by Crippen LogP contribution is -1.93. The molecule has 20 heavy (non-hydrogen) atoms. The number of hydrogen-bond acceptors (Lipinski definition) is 5. The van der Waals surface area contributed by atoms with Gasteiger partial charge in [0.15, 0.2) is 6.29 Å². The van der Waals surface area contributed by atoms with Crippen molar-refractivity contribution in [3.05, 3.63) is 46.9 Å². The Bertz CT molecular complexity index is 763. The topological polar surface area (TPSA) is 60.7 Å². The Hall–Kier alpha value is -2.41. The highest BCUT2D eigenvalue weighted by molar-refractivity contribution is 7.15. The van der Waals surface area contributed by atoms with Crippen LogP contribution in [0.3, 0.4) is 0 Å². The average Bonchev–Trinajstić information content (AvgIpc) is 3.06. The van der Waals surface area contributed by atoms with Crippen molar-refractivity contribution < 1.29 is 9.18 Å². The highest BCUT2D eigenvalue weighted by atomic mass is 32.1. The van der Waals surface area contributed by atoms with Crippen molar-refractivity contribution in [2.75, 3.05) is 0 Å². The van der Waals surface area contributed by atoms with E-state index in [1.54, 1.807) is 25.3 Å². The lowest BCUT2D eigenvalue weighted by atomic mass is 10.2. The number of rotatable bonds is 3. The molecule has 3 rings (SSSR count). The van der Waals surface area contributed by atoms with Gasteiger partial charge < -0.3 is 0 Å². The lowest BCUT2D eigenvalue weighted by Gasteiger charge is -1.94. The van der Waals surface area contributed by atoms with Crippen LogP contribution in [0.25, 0.3) is 16.4 Å². The van der Waals surface area contributed by atoms with E-state index >= 15 is 0 Å². The zero-order valence-corrected chi connectivity index (χ0v) is 11.3. The summed E-state index contributed by atoms with van der Waals surface area (Å²) in [6, 6.07) is 6.00. The minimum absolute atomic E-state index is 0.299. The number of halogens is 1. The second-order valence-electron chi connectivity index (χ2n) is 4.12. The molecule has 2 aromatic heterocycles. The van der Waals surface area contributed by atoms with E-state index in [0.717, 1.165) is 11.8 Å². The number of aromatic nitrogens is 4. The summed E-state index contributed by atoms with van der Waals surface area (Å²) in [7, 11) is 0. The molecule has 2 heterocycles. The first kappa shape index (κ1) is 12.6. The van der Waals surface area contributed by atoms with Crippen LogP contribution in [0.5, 0.6) is 0 Å². The van der Waals surface area contributed by atoms with E-state index in [0.29, 0.717) is 21.4 Å². The Morgan fingerprint density at radius 1 is 1.30 bits per heavy atom. The van der Waals surface area contributed by atoms with Crippen molar-refractivity contribution in [3.8, 4) is 16.4 Å². The third-order valence-corrected chi connectivity index (χ3v) is 3.83. The fourth-order valence-electron chi connectivity index (χ4n) is 1.71. The van der Waals surface area contributed by atoms with Gasteiger partial charge in [0, 0.05) is 5.56 Å². The maximum Gasteiger partial charge on any atom is 0.212 e. The summed E-state index contributed by atoms with van der Waals surface area (Å²) in [5.74, 6) is -0.299. The first-order chi connectivity index (χ1) is 9.67. The molecule has 0 spiro atoms. The predicted molar refractivity (Wildman–Crippen MR) is 72.5 cm³/mol. The summed E-state index contributed by atoms with van der Waals surface area (Å²) in [5, 5.41) is 8.58. The van der Waals surface area contributed by atoms with Crippen molar-refractivity contribution in [2.24, 2.45) is 0 Å². The summed E-state index contributed by atoms with van der Waals surface area (Å²) in [4.78, 5) is 15.6. The van der Waals surface area contributed by atoms with Crippen LogP contribution in [0.15, 0.2) is 30.5 Å². The maximum atomic E-state index is 12.9. The average molecular weight is 288 g/mol. The SMILES string of the molecule is Cc1nc(-n2cc(-c3ccc(F)cc3)nn2)sc1C=O. The van der Waals surface area contributed by atoms with Gasteiger partial charge in [0.2, 0.25) is 5.13 Å². The maximum absolute atomic E-state index is 12.9. The van der Waals surface area contributed by atoms with Gasteiger partial charge in [-0.1, -0.05) is 16.6 Å². The van der Waals surface area contributed by atoms with Gasteiger partial charge in [-0.05, 0) is 31.2 Å². The molecule has 0 atom stereocenters. The van der Waals surface area contributed by atoms with Crippen molar-refractivity contribution >= 4 is 17.6 Å². The molecule has 0 aliphatic carbocycles. The molecule has 3 aromatic rings. The first-order valence-electron chi connectivity index (χ1n) is 5.78. The highest BCUT2D eigenvalue weighted by Crippen LogP contribution is 2.22. The third-order valence-electron chi connectivity index (χ3n) is 2.76. The molecule has 0 aliphatic rings. The molecule has 0 fully saturated rings. The number of carbonyl (C=O) groups is 1. The highest BCUT2D eigenvalue weighted by Gasteiger charge is 2.11. The Kier molecular flexibility index (Phi) is 3.11. The molecule has 0 bridgehead atoms. The number of aryl methyl sites for hydroxylation is 1. The van der Waals surface area contributed by atoms with Crippen LogP contribution in [0, 0.1) is 12.7 Å². The minimum Gasteiger partial charge on any atom is -0.297 e. The largest absolute Gasteiger partial charge is 0.297 e. The smallest absolute Gasteiger partial charge is 0.212 e. The van der Waals surface area contributed by atoms with E-state index in [1.165, 1.54) is 28.2 Å². The molecule has 0 unspecified atom stereocenters. The summed E-state index contributed by atoms with van der Waals surface area (Å²) in [6.07, 6.45) is 2.47. The summed E-state index contributed by atoms with van der Waals surface area (Å²) in [6.45, 7) is 1.77. The molecule has 7 heteroatoms. The van der Waals surface area contributed by atoms with Crippen LogP contribution in [0.4, 0.5) is 4.39 Å². The molecule has 1 aromatic carbocycles. The van der Waals surface area contributed by atoms with Gasteiger partial charge >= 0.3 is 0 Å². The van der Waals surface area contributed by atoms with Crippen molar-refractivity contribution in [1.29, 1.82) is 0 Å². The zero-order valence-electron chi connectivity index (χ0n) is 10.4. The lowest BCUT2D eigenvalue weighted by molar-refractivity contribution is 0.112. The summed E-state index contributed by atoms with van der Waals surface area (Å²) in [5.41, 5.74) is 2.05. The summed E-state index contributed by atoms with van der Waals surface area (Å²) >= 11 is 1.24. The monoisotopic (exact) mass is 288 g/mol. The van der Waals surface area contributed by atoms with E-state index in [4.69, 9.17) is 0 Å². The number of carbonyl (C=O) groups excluding carboxylic acids is 1. The first-order valence-corrected chi connectivity index (χ1v) is 6.60. The molecule has 0 aliphatic heterocycles. The van der Waals surface area contributed by atoms with Crippen molar-refractivity contribution in [3.63, 3.8) is 0 Å². The van der Waals surface area contributed by atoms with Gasteiger partial charge in [-0.25, -0.2) is 9.37 Å². The summed E-state index contributed by atoms with van der Waals surface area (Å²) < 4.78 is 14.4. The van der Waals surface area contributed by atoms with Crippen LogP contribution in [-0.2, 0) is 0 Å². The zero-order chi connectivity index (χ0) is 14.1. The second kappa shape index (κ2) is 4.93. The van der Waals surface area contributed by atoms with Crippen LogP contribution < -0.4 is 0 Å². The number of hydrogen-bond donors (Lipinski definition) is 0. The molecular formula is C13H9FN4OS. The van der Waals surface area contributed by atoms with E-state index in [2.05, 4.69) is 15.3 Å². The molecule has 0 saturated carbocycles. The van der Waals surface area contributed by atoms with Crippen LogP contribution in [0.1, 0.15) is 15.4 Å². The number of aldehydes is 1. The molecule has 0 radical (unpaired) electrons. The Morgan fingerprint density at radius 2 is 2.05 bits per heavy atom. The quantitative estimate of drug-likeness (QED) is 0.695. The fourth-order valence-corrected chi connectivity index (χ4v) is 2.51. The molecular weight excluding hydrogens is 279 g/mol. The molecule has 0 amide bonds. The Labute approximate surface area is 117 Å². The Balaban J connectivity index is 1.97. The van der Waals surface area contributed by atoms with Gasteiger partial charge in [0.25, 0.3) is 0 Å². The minimum atomic E-state index is -0.299. The molecule has 100 valence electrons. The van der Waals surface area contributed by atoms with Gasteiger partial charge in [0.1, 0.15) is 11.5 Å². The molecule has 0 saturated heterocycles. The Morgan fingerprint density at radius 3 is 2.70 bits per heavy atom. The van der Waals surface area contributed by atoms with Gasteiger partial charge in [0.05, 0.1) is 16.8 Å². The predicted octanol–water partition coefficient (Wildman–Crippen LogP) is 2.65. The van der Waals surface area contributed by atoms with Gasteiger partial charge in [-0.2, -0.15) is 4.68 Å². The molecule has 5 nitrogen and oxygen atoms in total.